The maximum Gasteiger partial charge on any atom is 0.143 e. The molecule has 2 aromatic rings. The number of pyridine rings is 1. The van der Waals surface area contributed by atoms with Gasteiger partial charge in [0.1, 0.15) is 18.2 Å². The fraction of sp³-hybridized carbons (Fsp3) is 0.483. The molecule has 3 fully saturated rings. The third kappa shape index (κ3) is 7.32. The van der Waals surface area contributed by atoms with Crippen LogP contribution in [0.25, 0.3) is 0 Å². The fourth-order valence-electron chi connectivity index (χ4n) is 4.63. The van der Waals surface area contributed by atoms with Gasteiger partial charge in [0.15, 0.2) is 0 Å². The first-order chi connectivity index (χ1) is 17.6. The first-order valence-corrected chi connectivity index (χ1v) is 13.1. The highest BCUT2D eigenvalue weighted by atomic mass is 16.5. The monoisotopic (exact) mass is 491 g/mol. The molecule has 7 nitrogen and oxygen atoms in total. The summed E-state index contributed by atoms with van der Waals surface area (Å²) >= 11 is 0. The molecule has 7 heteroatoms. The van der Waals surface area contributed by atoms with Crippen molar-refractivity contribution < 1.29 is 9.47 Å². The number of nitrogens with zero attached hydrogens (tertiary/aromatic N) is 4. The number of hydrogen-bond donors (Lipinski definition) is 1. The van der Waals surface area contributed by atoms with Crippen LogP contribution in [0, 0.1) is 0 Å². The molecule has 194 valence electrons. The molecule has 36 heavy (non-hydrogen) atoms. The zero-order chi connectivity index (χ0) is 25.2. The van der Waals surface area contributed by atoms with Gasteiger partial charge in [-0.1, -0.05) is 37.8 Å². The van der Waals surface area contributed by atoms with Crippen molar-refractivity contribution in [3.8, 4) is 5.75 Å². The summed E-state index contributed by atoms with van der Waals surface area (Å²) in [6.07, 6.45) is 7.83. The first-order valence-electron chi connectivity index (χ1n) is 13.1. The van der Waals surface area contributed by atoms with Crippen molar-refractivity contribution in [1.29, 1.82) is 0 Å². The summed E-state index contributed by atoms with van der Waals surface area (Å²) in [6.45, 7) is 17.2. The highest BCUT2D eigenvalue weighted by Crippen LogP contribution is 2.32. The number of allylic oxidation sites excluding steroid dienone is 1. The molecule has 0 saturated carbocycles. The number of para-hydroxylation sites is 2. The highest BCUT2D eigenvalue weighted by Gasteiger charge is 2.32. The normalized spacial score (nSPS) is 19.8. The largest absolute Gasteiger partial charge is 0.487 e. The van der Waals surface area contributed by atoms with E-state index in [0.29, 0.717) is 6.61 Å². The van der Waals surface area contributed by atoms with Crippen LogP contribution in [-0.4, -0.2) is 85.3 Å². The Labute approximate surface area is 216 Å². The molecule has 0 bridgehead atoms. The summed E-state index contributed by atoms with van der Waals surface area (Å²) < 4.78 is 10.8. The number of hydrogen-bond acceptors (Lipinski definition) is 7. The van der Waals surface area contributed by atoms with Crippen LogP contribution in [0.5, 0.6) is 5.75 Å². The molecule has 0 amide bonds. The molecule has 0 aliphatic carbocycles. The minimum atomic E-state index is 0.563. The maximum atomic E-state index is 5.67. The maximum absolute atomic E-state index is 5.67. The number of morpholine rings is 1. The average molecular weight is 492 g/mol. The van der Waals surface area contributed by atoms with Crippen LogP contribution in [0.4, 0.5) is 11.5 Å². The van der Waals surface area contributed by atoms with Crippen LogP contribution in [-0.2, 0) is 11.3 Å². The third-order valence-electron chi connectivity index (χ3n) is 7.06. The van der Waals surface area contributed by atoms with Crippen LogP contribution >= 0.6 is 0 Å². The lowest BCUT2D eigenvalue weighted by Crippen LogP contribution is -2.59. The van der Waals surface area contributed by atoms with Crippen molar-refractivity contribution in [2.75, 3.05) is 64.8 Å². The van der Waals surface area contributed by atoms with E-state index in [1.54, 1.807) is 6.20 Å². The Balaban J connectivity index is 0.000000135. The summed E-state index contributed by atoms with van der Waals surface area (Å²) in [5.41, 5.74) is 3.13. The number of likely N-dealkylation sites (tertiary alicyclic amines) is 2. The Hall–Kier alpha value is -2.87. The number of piperidine rings is 1. The zero-order valence-electron chi connectivity index (χ0n) is 21.7. The van der Waals surface area contributed by atoms with Crippen molar-refractivity contribution in [2.24, 2.45) is 0 Å². The number of benzene rings is 1. The number of rotatable bonds is 3. The van der Waals surface area contributed by atoms with Crippen LogP contribution in [0.3, 0.4) is 0 Å². The van der Waals surface area contributed by atoms with Crippen LogP contribution in [0.15, 0.2) is 67.5 Å². The minimum Gasteiger partial charge on any atom is -0.487 e. The molecular weight excluding hydrogens is 450 g/mol. The first kappa shape index (κ1) is 26.2. The average Bonchev–Trinajstić information content (AvgIpc) is 3.09. The van der Waals surface area contributed by atoms with Gasteiger partial charge in [0.2, 0.25) is 0 Å². The molecule has 4 aliphatic rings. The van der Waals surface area contributed by atoms with Gasteiger partial charge in [0.25, 0.3) is 0 Å². The number of fused-ring (bicyclic) bond motifs is 2. The fourth-order valence-corrected chi connectivity index (χ4v) is 4.63. The van der Waals surface area contributed by atoms with Gasteiger partial charge in [0, 0.05) is 49.7 Å². The quantitative estimate of drug-likeness (QED) is 0.634. The molecule has 1 aromatic heterocycles. The molecule has 3 saturated heterocycles. The minimum absolute atomic E-state index is 0.563. The highest BCUT2D eigenvalue weighted by molar-refractivity contribution is 5.67. The number of nitrogens with one attached hydrogen (secondary N) is 1. The summed E-state index contributed by atoms with van der Waals surface area (Å²) in [4.78, 5) is 11.5. The van der Waals surface area contributed by atoms with E-state index in [9.17, 15) is 0 Å². The summed E-state index contributed by atoms with van der Waals surface area (Å²) in [5, 5.41) is 3.27. The molecule has 5 heterocycles. The van der Waals surface area contributed by atoms with Gasteiger partial charge in [0.05, 0.1) is 18.9 Å². The second kappa shape index (κ2) is 13.4. The van der Waals surface area contributed by atoms with Crippen molar-refractivity contribution in [3.63, 3.8) is 0 Å². The Morgan fingerprint density at radius 1 is 1.03 bits per heavy atom. The predicted molar refractivity (Wildman–Crippen MR) is 147 cm³/mol. The Kier molecular flexibility index (Phi) is 9.78. The summed E-state index contributed by atoms with van der Waals surface area (Å²) in [5.74, 6) is 1.75. The van der Waals surface area contributed by atoms with Gasteiger partial charge in [-0.3, -0.25) is 4.90 Å². The standard InChI is InChI=1S/C12H10N2O.C12H20N2.C5H11NO/c1-2-6-11-10(5-1)14-12-9(8-15-11)4-3-7-13-12;1-3-11(2)14-9-12(10-14)13-7-5-4-6-8-13;1-6-2-4-7-5-3-6/h1-7H,8H2,(H,13,14);3,12H,1-2,4-10H2;2-5H2,1H3. The van der Waals surface area contributed by atoms with E-state index in [4.69, 9.17) is 9.47 Å². The molecule has 0 unspecified atom stereocenters. The molecule has 1 aromatic carbocycles. The molecule has 6 rings (SSSR count). The summed E-state index contributed by atoms with van der Waals surface area (Å²) in [6, 6.07) is 12.6. The SMILES string of the molecule is C=CC(=C)N1CC(N2CCCCC2)C1.CN1CCOCC1.c1cnc2c(c1)COc1ccccc1N2. The van der Waals surface area contributed by atoms with E-state index in [1.165, 1.54) is 32.4 Å². The van der Waals surface area contributed by atoms with Gasteiger partial charge in [-0.25, -0.2) is 4.98 Å². The Bertz CT molecular complexity index is 934. The van der Waals surface area contributed by atoms with Crippen molar-refractivity contribution in [1.82, 2.24) is 19.7 Å². The van der Waals surface area contributed by atoms with E-state index >= 15 is 0 Å². The topological polar surface area (TPSA) is 53.1 Å². The van der Waals surface area contributed by atoms with E-state index in [-0.39, 0.29) is 0 Å². The number of likely N-dealkylation sites (N-methyl/N-ethyl adjacent to an activating group) is 1. The summed E-state index contributed by atoms with van der Waals surface area (Å²) in [7, 11) is 2.11. The van der Waals surface area contributed by atoms with Gasteiger partial charge < -0.3 is 24.6 Å². The number of ether oxygens (including phenoxy) is 2. The smallest absolute Gasteiger partial charge is 0.143 e. The lowest BCUT2D eigenvalue weighted by Gasteiger charge is -2.48. The van der Waals surface area contributed by atoms with Crippen molar-refractivity contribution in [2.45, 2.75) is 31.9 Å². The molecule has 1 N–H and O–H groups in total. The van der Waals surface area contributed by atoms with Crippen LogP contribution in [0.2, 0.25) is 0 Å². The third-order valence-corrected chi connectivity index (χ3v) is 7.06. The van der Waals surface area contributed by atoms with E-state index in [0.717, 1.165) is 73.9 Å². The molecule has 4 aliphatic heterocycles. The van der Waals surface area contributed by atoms with Crippen LogP contribution in [0.1, 0.15) is 24.8 Å². The predicted octanol–water partition coefficient (Wildman–Crippen LogP) is 4.52. The van der Waals surface area contributed by atoms with E-state index < -0.39 is 0 Å². The zero-order valence-corrected chi connectivity index (χ0v) is 21.7. The number of aromatic nitrogens is 1. The molecule has 0 spiro atoms. The van der Waals surface area contributed by atoms with Gasteiger partial charge >= 0.3 is 0 Å². The lowest BCUT2D eigenvalue weighted by atomic mass is 10.0. The van der Waals surface area contributed by atoms with Gasteiger partial charge in [-0.15, -0.1) is 0 Å². The van der Waals surface area contributed by atoms with Crippen LogP contribution < -0.4 is 10.1 Å². The Morgan fingerprint density at radius 2 is 1.78 bits per heavy atom. The molecule has 0 radical (unpaired) electrons. The van der Waals surface area contributed by atoms with Crippen molar-refractivity contribution >= 4 is 11.5 Å². The molecular formula is C29H41N5O2. The van der Waals surface area contributed by atoms with Crippen molar-refractivity contribution in [3.05, 3.63) is 73.1 Å². The van der Waals surface area contributed by atoms with Gasteiger partial charge in [-0.05, 0) is 57.3 Å². The number of anilines is 2. The Morgan fingerprint density at radius 3 is 2.47 bits per heavy atom. The van der Waals surface area contributed by atoms with E-state index in [1.807, 2.05) is 42.5 Å². The molecule has 0 atom stereocenters. The lowest BCUT2D eigenvalue weighted by molar-refractivity contribution is 0.0475. The van der Waals surface area contributed by atoms with E-state index in [2.05, 4.69) is 45.2 Å². The second-order valence-electron chi connectivity index (χ2n) is 9.69. The second-order valence-corrected chi connectivity index (χ2v) is 9.69. The van der Waals surface area contributed by atoms with Gasteiger partial charge in [-0.2, -0.15) is 0 Å².